The van der Waals surface area contributed by atoms with Gasteiger partial charge in [-0.15, -0.1) is 0 Å². The van der Waals surface area contributed by atoms with Crippen LogP contribution in [0.2, 0.25) is 0 Å². The van der Waals surface area contributed by atoms with Gasteiger partial charge in [-0.05, 0) is 17.7 Å². The maximum absolute atomic E-state index is 13.1. The largest absolute Gasteiger partial charge is 0.355 e. The van der Waals surface area contributed by atoms with Gasteiger partial charge in [0.2, 0.25) is 0 Å². The van der Waals surface area contributed by atoms with Gasteiger partial charge in [0.05, 0.1) is 5.75 Å². The fraction of sp³-hybridized carbons (Fsp3) is 0.462. The second kappa shape index (κ2) is 7.23. The average Bonchev–Trinajstić information content (AvgIpc) is 2.33. The van der Waals surface area contributed by atoms with Crippen molar-refractivity contribution in [2.24, 2.45) is 4.99 Å². The van der Waals surface area contributed by atoms with E-state index in [4.69, 9.17) is 0 Å². The predicted octanol–water partition coefficient (Wildman–Crippen LogP) is 0.878. The monoisotopic (exact) mass is 301 g/mol. The summed E-state index contributed by atoms with van der Waals surface area (Å²) < 4.78 is 35.2. The third kappa shape index (κ3) is 6.01. The van der Waals surface area contributed by atoms with Gasteiger partial charge in [0.1, 0.15) is 15.7 Å². The molecule has 0 saturated carbocycles. The number of guanidine groups is 1. The van der Waals surface area contributed by atoms with Gasteiger partial charge in [-0.1, -0.05) is 12.1 Å². The summed E-state index contributed by atoms with van der Waals surface area (Å²) in [4.78, 5) is 5.87. The lowest BCUT2D eigenvalue weighted by Crippen LogP contribution is -2.40. The van der Waals surface area contributed by atoms with Gasteiger partial charge in [-0.3, -0.25) is 4.99 Å². The van der Waals surface area contributed by atoms with E-state index in [1.807, 2.05) is 6.07 Å². The molecule has 20 heavy (non-hydrogen) atoms. The van der Waals surface area contributed by atoms with E-state index in [0.29, 0.717) is 19.0 Å². The summed E-state index contributed by atoms with van der Waals surface area (Å²) in [6.45, 7) is 0.773. The molecule has 0 heterocycles. The molecule has 7 heteroatoms. The number of sulfone groups is 1. The molecular weight excluding hydrogens is 281 g/mol. The first-order valence-electron chi connectivity index (χ1n) is 6.16. The number of nitrogens with one attached hydrogen (secondary N) is 1. The van der Waals surface area contributed by atoms with Gasteiger partial charge in [-0.25, -0.2) is 12.8 Å². The summed E-state index contributed by atoms with van der Waals surface area (Å²) in [6, 6.07) is 6.32. The lowest BCUT2D eigenvalue weighted by atomic mass is 10.2. The van der Waals surface area contributed by atoms with E-state index in [1.54, 1.807) is 25.1 Å². The third-order valence-corrected chi connectivity index (χ3v) is 3.58. The molecule has 1 aromatic carbocycles. The molecule has 0 bridgehead atoms. The van der Waals surface area contributed by atoms with E-state index >= 15 is 0 Å². The van der Waals surface area contributed by atoms with Gasteiger partial charge in [0.15, 0.2) is 5.96 Å². The maximum Gasteiger partial charge on any atom is 0.193 e. The second-order valence-corrected chi connectivity index (χ2v) is 6.85. The standard InChI is InChI=1S/C13H20FN3O2S/c1-15-13(16-7-8-20(3,18)19)17(2)10-11-5-4-6-12(14)9-11/h4-6,9H,7-8,10H2,1-3H3,(H,15,16). The number of aliphatic imine (C=N–C) groups is 1. The van der Waals surface area contributed by atoms with Crippen LogP contribution in [0.3, 0.4) is 0 Å². The summed E-state index contributed by atoms with van der Waals surface area (Å²) in [5, 5.41) is 2.96. The van der Waals surface area contributed by atoms with Crippen LogP contribution >= 0.6 is 0 Å². The molecule has 0 spiro atoms. The molecule has 0 radical (unpaired) electrons. The van der Waals surface area contributed by atoms with E-state index in [9.17, 15) is 12.8 Å². The zero-order valence-corrected chi connectivity index (χ0v) is 12.7. The van der Waals surface area contributed by atoms with E-state index in [-0.39, 0.29) is 11.6 Å². The van der Waals surface area contributed by atoms with Gasteiger partial charge in [0.25, 0.3) is 0 Å². The van der Waals surface area contributed by atoms with Crippen LogP contribution in [0.15, 0.2) is 29.3 Å². The Balaban J connectivity index is 2.57. The SMILES string of the molecule is CN=C(NCCS(C)(=O)=O)N(C)Cc1cccc(F)c1. The molecule has 0 aliphatic heterocycles. The number of hydrogen-bond acceptors (Lipinski definition) is 3. The minimum Gasteiger partial charge on any atom is -0.355 e. The lowest BCUT2D eigenvalue weighted by Gasteiger charge is -2.22. The molecule has 0 aliphatic rings. The molecule has 0 atom stereocenters. The first-order chi connectivity index (χ1) is 9.31. The van der Waals surface area contributed by atoms with Gasteiger partial charge in [0, 0.05) is 33.4 Å². The second-order valence-electron chi connectivity index (χ2n) is 4.59. The van der Waals surface area contributed by atoms with E-state index in [2.05, 4.69) is 10.3 Å². The van der Waals surface area contributed by atoms with Crippen LogP contribution in [0.5, 0.6) is 0 Å². The normalized spacial score (nSPS) is 12.3. The topological polar surface area (TPSA) is 61.8 Å². The van der Waals surface area contributed by atoms with Crippen LogP contribution in [-0.4, -0.2) is 51.9 Å². The summed E-state index contributed by atoms with van der Waals surface area (Å²) in [5.74, 6) is 0.327. The molecule has 0 aliphatic carbocycles. The molecule has 0 aromatic heterocycles. The summed E-state index contributed by atoms with van der Waals surface area (Å²) in [5.41, 5.74) is 0.818. The highest BCUT2D eigenvalue weighted by Gasteiger charge is 2.08. The van der Waals surface area contributed by atoms with Crippen molar-refractivity contribution in [3.8, 4) is 0 Å². The quantitative estimate of drug-likeness (QED) is 0.648. The Hall–Kier alpha value is -1.63. The lowest BCUT2D eigenvalue weighted by molar-refractivity contribution is 0.476. The van der Waals surface area contributed by atoms with E-state index in [0.717, 1.165) is 5.56 Å². The molecule has 1 rings (SSSR count). The Morgan fingerprint density at radius 1 is 1.45 bits per heavy atom. The van der Waals surface area contributed by atoms with Crippen LogP contribution in [0.4, 0.5) is 4.39 Å². The fourth-order valence-electron chi connectivity index (χ4n) is 1.72. The van der Waals surface area contributed by atoms with Crippen molar-refractivity contribution in [2.45, 2.75) is 6.54 Å². The predicted molar refractivity (Wildman–Crippen MR) is 78.9 cm³/mol. The Labute approximate surface area is 119 Å². The minimum absolute atomic E-state index is 0.0415. The zero-order chi connectivity index (χ0) is 15.2. The molecule has 112 valence electrons. The summed E-state index contributed by atoms with van der Waals surface area (Å²) >= 11 is 0. The Bertz CT molecular complexity index is 573. The molecule has 0 saturated heterocycles. The molecule has 0 fully saturated rings. The van der Waals surface area contributed by atoms with Crippen LogP contribution in [0.1, 0.15) is 5.56 Å². The Kier molecular flexibility index (Phi) is 5.94. The molecule has 0 unspecified atom stereocenters. The highest BCUT2D eigenvalue weighted by atomic mass is 32.2. The number of hydrogen-bond donors (Lipinski definition) is 1. The van der Waals surface area contributed by atoms with Crippen LogP contribution < -0.4 is 5.32 Å². The molecule has 1 N–H and O–H groups in total. The van der Waals surface area contributed by atoms with Crippen molar-refractivity contribution in [3.05, 3.63) is 35.6 Å². The summed E-state index contributed by atoms with van der Waals surface area (Å²) in [6.07, 6.45) is 1.19. The Morgan fingerprint density at radius 2 is 2.15 bits per heavy atom. The number of benzene rings is 1. The first kappa shape index (κ1) is 16.4. The first-order valence-corrected chi connectivity index (χ1v) is 8.22. The van der Waals surface area contributed by atoms with E-state index < -0.39 is 9.84 Å². The van der Waals surface area contributed by atoms with Crippen molar-refractivity contribution >= 4 is 15.8 Å². The number of nitrogens with zero attached hydrogens (tertiary/aromatic N) is 2. The van der Waals surface area contributed by atoms with Crippen molar-refractivity contribution in [1.29, 1.82) is 0 Å². The smallest absolute Gasteiger partial charge is 0.193 e. The van der Waals surface area contributed by atoms with Crippen molar-refractivity contribution < 1.29 is 12.8 Å². The highest BCUT2D eigenvalue weighted by Crippen LogP contribution is 2.06. The van der Waals surface area contributed by atoms with E-state index in [1.165, 1.54) is 18.4 Å². The summed E-state index contributed by atoms with van der Waals surface area (Å²) in [7, 11) is 0.418. The number of halogens is 1. The van der Waals surface area contributed by atoms with Crippen molar-refractivity contribution in [3.63, 3.8) is 0 Å². The van der Waals surface area contributed by atoms with Gasteiger partial charge >= 0.3 is 0 Å². The van der Waals surface area contributed by atoms with Gasteiger partial charge < -0.3 is 10.2 Å². The van der Waals surface area contributed by atoms with Gasteiger partial charge in [-0.2, -0.15) is 0 Å². The van der Waals surface area contributed by atoms with Crippen LogP contribution in [0, 0.1) is 5.82 Å². The average molecular weight is 301 g/mol. The molecule has 5 nitrogen and oxygen atoms in total. The zero-order valence-electron chi connectivity index (χ0n) is 11.9. The van der Waals surface area contributed by atoms with Crippen LogP contribution in [-0.2, 0) is 16.4 Å². The van der Waals surface area contributed by atoms with Crippen molar-refractivity contribution in [2.75, 3.05) is 32.6 Å². The molecular formula is C13H20FN3O2S. The molecule has 1 aromatic rings. The number of rotatable bonds is 5. The highest BCUT2D eigenvalue weighted by molar-refractivity contribution is 7.90. The third-order valence-electron chi connectivity index (χ3n) is 2.64. The van der Waals surface area contributed by atoms with Crippen molar-refractivity contribution in [1.82, 2.24) is 10.2 Å². The molecule has 0 amide bonds. The maximum atomic E-state index is 13.1. The van der Waals surface area contributed by atoms with Crippen LogP contribution in [0.25, 0.3) is 0 Å². The fourth-order valence-corrected chi connectivity index (χ4v) is 2.19. The minimum atomic E-state index is -3.00. The Morgan fingerprint density at radius 3 is 2.70 bits per heavy atom.